The van der Waals surface area contributed by atoms with E-state index in [-0.39, 0.29) is 10.8 Å². The minimum Gasteiger partial charge on any atom is -0.508 e. The van der Waals surface area contributed by atoms with Gasteiger partial charge in [0.25, 0.3) is 0 Å². The van der Waals surface area contributed by atoms with Crippen LogP contribution >= 0.6 is 11.6 Å². The van der Waals surface area contributed by atoms with Crippen LogP contribution in [-0.4, -0.2) is 5.11 Å². The van der Waals surface area contributed by atoms with Crippen molar-refractivity contribution in [2.24, 2.45) is 0 Å². The lowest BCUT2D eigenvalue weighted by Crippen LogP contribution is -1.86. The van der Waals surface area contributed by atoms with Crippen molar-refractivity contribution in [3.05, 3.63) is 52.8 Å². The van der Waals surface area contributed by atoms with Gasteiger partial charge in [-0.25, -0.2) is 4.39 Å². The van der Waals surface area contributed by atoms with Gasteiger partial charge in [0.1, 0.15) is 11.6 Å². The molecule has 0 aromatic heterocycles. The van der Waals surface area contributed by atoms with Crippen LogP contribution in [0.25, 0.3) is 11.1 Å². The van der Waals surface area contributed by atoms with E-state index in [9.17, 15) is 9.50 Å². The zero-order valence-electron chi connectivity index (χ0n) is 8.67. The molecule has 1 N–H and O–H groups in total. The molecule has 0 saturated heterocycles. The summed E-state index contributed by atoms with van der Waals surface area (Å²) in [7, 11) is 0. The average molecular weight is 237 g/mol. The van der Waals surface area contributed by atoms with Crippen LogP contribution < -0.4 is 0 Å². The number of hydrogen-bond donors (Lipinski definition) is 1. The fourth-order valence-electron chi connectivity index (χ4n) is 1.65. The van der Waals surface area contributed by atoms with Crippen LogP contribution in [0, 0.1) is 12.7 Å². The average Bonchev–Trinajstić information content (AvgIpc) is 2.20. The maximum atomic E-state index is 13.7. The number of phenolic OH excluding ortho intramolecular Hbond substituents is 1. The lowest BCUT2D eigenvalue weighted by atomic mass is 10.0. The van der Waals surface area contributed by atoms with Gasteiger partial charge in [0, 0.05) is 5.56 Å². The summed E-state index contributed by atoms with van der Waals surface area (Å²) in [6.45, 7) is 1.84. The predicted molar refractivity (Wildman–Crippen MR) is 63.2 cm³/mol. The molecule has 2 aromatic rings. The highest BCUT2D eigenvalue weighted by Gasteiger charge is 2.09. The van der Waals surface area contributed by atoms with Gasteiger partial charge in [-0.3, -0.25) is 0 Å². The van der Waals surface area contributed by atoms with Gasteiger partial charge < -0.3 is 5.11 Å². The number of rotatable bonds is 1. The Hall–Kier alpha value is -1.54. The lowest BCUT2D eigenvalue weighted by molar-refractivity contribution is 0.475. The quantitative estimate of drug-likeness (QED) is 0.788. The van der Waals surface area contributed by atoms with Crippen molar-refractivity contribution in [2.75, 3.05) is 0 Å². The summed E-state index contributed by atoms with van der Waals surface area (Å²) in [6.07, 6.45) is 0. The topological polar surface area (TPSA) is 20.2 Å². The van der Waals surface area contributed by atoms with Gasteiger partial charge in [-0.1, -0.05) is 29.8 Å². The van der Waals surface area contributed by atoms with Crippen LogP contribution in [0.2, 0.25) is 5.02 Å². The Bertz CT molecular complexity index is 517. The van der Waals surface area contributed by atoms with E-state index >= 15 is 0 Å². The maximum absolute atomic E-state index is 13.7. The van der Waals surface area contributed by atoms with Gasteiger partial charge in [0.2, 0.25) is 0 Å². The Kier molecular flexibility index (Phi) is 2.84. The first-order chi connectivity index (χ1) is 7.58. The summed E-state index contributed by atoms with van der Waals surface area (Å²) < 4.78 is 13.7. The Balaban J connectivity index is 2.63. The summed E-state index contributed by atoms with van der Waals surface area (Å²) in [4.78, 5) is 0. The first kappa shape index (κ1) is 11.0. The molecule has 0 atom stereocenters. The highest BCUT2D eigenvalue weighted by atomic mass is 35.5. The van der Waals surface area contributed by atoms with Crippen molar-refractivity contribution in [1.82, 2.24) is 0 Å². The van der Waals surface area contributed by atoms with Crippen molar-refractivity contribution in [2.45, 2.75) is 6.92 Å². The molecule has 1 nitrogen and oxygen atoms in total. The minimum atomic E-state index is -0.464. The number of hydrogen-bond acceptors (Lipinski definition) is 1. The van der Waals surface area contributed by atoms with E-state index in [1.165, 1.54) is 12.1 Å². The molecule has 0 unspecified atom stereocenters. The second-order valence-electron chi connectivity index (χ2n) is 3.66. The van der Waals surface area contributed by atoms with Crippen LogP contribution in [0.5, 0.6) is 5.75 Å². The number of benzene rings is 2. The molecular weight excluding hydrogens is 227 g/mol. The fraction of sp³-hybridized carbons (Fsp3) is 0.0769. The fourth-order valence-corrected chi connectivity index (χ4v) is 1.82. The molecule has 82 valence electrons. The summed E-state index contributed by atoms with van der Waals surface area (Å²) in [5.74, 6) is -0.344. The predicted octanol–water partition coefficient (Wildman–Crippen LogP) is 4.16. The van der Waals surface area contributed by atoms with Crippen LogP contribution in [-0.2, 0) is 0 Å². The van der Waals surface area contributed by atoms with Gasteiger partial charge in [0.05, 0.1) is 5.02 Å². The highest BCUT2D eigenvalue weighted by Crippen LogP contribution is 2.30. The van der Waals surface area contributed by atoms with Gasteiger partial charge in [-0.05, 0) is 36.2 Å². The van der Waals surface area contributed by atoms with Crippen LogP contribution in [0.4, 0.5) is 4.39 Å². The van der Waals surface area contributed by atoms with Crippen molar-refractivity contribution in [3.63, 3.8) is 0 Å². The second kappa shape index (κ2) is 4.14. The normalized spacial score (nSPS) is 10.4. The molecule has 0 fully saturated rings. The van der Waals surface area contributed by atoms with E-state index < -0.39 is 5.82 Å². The number of aromatic hydroxyl groups is 1. The molecule has 0 bridgehead atoms. The van der Waals surface area contributed by atoms with E-state index in [1.54, 1.807) is 24.3 Å². The Morgan fingerprint density at radius 2 is 1.94 bits per heavy atom. The Morgan fingerprint density at radius 1 is 1.19 bits per heavy atom. The van der Waals surface area contributed by atoms with Crippen molar-refractivity contribution >= 4 is 11.6 Å². The van der Waals surface area contributed by atoms with E-state index in [4.69, 9.17) is 11.6 Å². The molecule has 3 heteroatoms. The molecule has 0 aliphatic rings. The standard InChI is InChI=1S/C13H10ClFO/c1-8-5-9(7-10(16)6-8)11-3-2-4-12(14)13(11)15/h2-7,16H,1H3. The van der Waals surface area contributed by atoms with Gasteiger partial charge in [-0.2, -0.15) is 0 Å². The van der Waals surface area contributed by atoms with Gasteiger partial charge in [-0.15, -0.1) is 0 Å². The molecule has 0 aliphatic heterocycles. The van der Waals surface area contributed by atoms with Crippen molar-refractivity contribution < 1.29 is 9.50 Å². The van der Waals surface area contributed by atoms with E-state index in [0.717, 1.165) is 5.56 Å². The van der Waals surface area contributed by atoms with Crippen molar-refractivity contribution in [3.8, 4) is 16.9 Å². The third kappa shape index (κ3) is 2.02. The Morgan fingerprint density at radius 3 is 2.62 bits per heavy atom. The number of aryl methyl sites for hydroxylation is 1. The summed E-state index contributed by atoms with van der Waals surface area (Å²) in [5.41, 5.74) is 1.89. The zero-order valence-corrected chi connectivity index (χ0v) is 9.42. The molecule has 0 radical (unpaired) electrons. The summed E-state index contributed by atoms with van der Waals surface area (Å²) in [5, 5.41) is 9.54. The molecule has 16 heavy (non-hydrogen) atoms. The van der Waals surface area contributed by atoms with Gasteiger partial charge >= 0.3 is 0 Å². The molecule has 0 amide bonds. The molecule has 2 aromatic carbocycles. The maximum Gasteiger partial charge on any atom is 0.149 e. The Labute approximate surface area is 98.1 Å². The number of phenols is 1. The zero-order chi connectivity index (χ0) is 11.7. The van der Waals surface area contributed by atoms with E-state index in [0.29, 0.717) is 11.1 Å². The molecular formula is C13H10ClFO. The van der Waals surface area contributed by atoms with Crippen molar-refractivity contribution in [1.29, 1.82) is 0 Å². The van der Waals surface area contributed by atoms with Crippen LogP contribution in [0.1, 0.15) is 5.56 Å². The van der Waals surface area contributed by atoms with Crippen LogP contribution in [0.15, 0.2) is 36.4 Å². The molecule has 0 spiro atoms. The third-order valence-electron chi connectivity index (χ3n) is 2.32. The number of halogens is 2. The first-order valence-corrected chi connectivity index (χ1v) is 5.21. The molecule has 0 saturated carbocycles. The van der Waals surface area contributed by atoms with Gasteiger partial charge in [0.15, 0.2) is 0 Å². The third-order valence-corrected chi connectivity index (χ3v) is 2.62. The summed E-state index contributed by atoms with van der Waals surface area (Å²) >= 11 is 5.71. The smallest absolute Gasteiger partial charge is 0.149 e. The highest BCUT2D eigenvalue weighted by molar-refractivity contribution is 6.31. The lowest BCUT2D eigenvalue weighted by Gasteiger charge is -2.06. The largest absolute Gasteiger partial charge is 0.508 e. The second-order valence-corrected chi connectivity index (χ2v) is 4.07. The van der Waals surface area contributed by atoms with E-state index in [1.807, 2.05) is 6.92 Å². The SMILES string of the molecule is Cc1cc(O)cc(-c2cccc(Cl)c2F)c1. The minimum absolute atomic E-state index is 0.0819. The monoisotopic (exact) mass is 236 g/mol. The molecule has 0 aliphatic carbocycles. The molecule has 0 heterocycles. The summed E-state index contributed by atoms with van der Waals surface area (Å²) in [6, 6.07) is 9.74. The van der Waals surface area contributed by atoms with Crippen LogP contribution in [0.3, 0.4) is 0 Å². The molecule has 2 rings (SSSR count). The van der Waals surface area contributed by atoms with E-state index in [2.05, 4.69) is 0 Å². The first-order valence-electron chi connectivity index (χ1n) is 4.83.